The highest BCUT2D eigenvalue weighted by Crippen LogP contribution is 2.52. The Labute approximate surface area is 219 Å². The van der Waals surface area contributed by atoms with Gasteiger partial charge in [0.15, 0.2) is 0 Å². The Morgan fingerprint density at radius 2 is 1.57 bits per heavy atom. The van der Waals surface area contributed by atoms with Crippen LogP contribution in [-0.2, 0) is 21.6 Å². The summed E-state index contributed by atoms with van der Waals surface area (Å²) in [5.74, 6) is 0.952. The molecule has 3 aromatic carbocycles. The van der Waals surface area contributed by atoms with E-state index in [1.165, 1.54) is 12.0 Å². The Hall–Kier alpha value is -3.15. The molecule has 2 bridgehead atoms. The van der Waals surface area contributed by atoms with Gasteiger partial charge in [0.2, 0.25) is 0 Å². The highest BCUT2D eigenvalue weighted by atomic mass is 16.6. The monoisotopic (exact) mass is 497 g/mol. The van der Waals surface area contributed by atoms with Gasteiger partial charge in [-0.1, -0.05) is 66.7 Å². The fourth-order valence-electron chi connectivity index (χ4n) is 7.34. The summed E-state index contributed by atoms with van der Waals surface area (Å²) < 4.78 is 13.1. The molecule has 37 heavy (non-hydrogen) atoms. The summed E-state index contributed by atoms with van der Waals surface area (Å²) in [6.07, 6.45) is 5.05. The van der Waals surface area contributed by atoms with Crippen LogP contribution in [0.3, 0.4) is 0 Å². The minimum atomic E-state index is -2.14. The highest BCUT2D eigenvalue weighted by molar-refractivity contribution is 5.88. The van der Waals surface area contributed by atoms with Gasteiger partial charge in [-0.25, -0.2) is 0 Å². The van der Waals surface area contributed by atoms with Crippen LogP contribution in [0, 0.1) is 11.8 Å². The molecule has 0 aromatic heterocycles. The van der Waals surface area contributed by atoms with Gasteiger partial charge in [0.1, 0.15) is 17.6 Å². The van der Waals surface area contributed by atoms with Crippen molar-refractivity contribution in [2.24, 2.45) is 11.8 Å². The van der Waals surface area contributed by atoms with E-state index in [0.29, 0.717) is 34.6 Å². The van der Waals surface area contributed by atoms with Crippen LogP contribution in [0.25, 0.3) is 0 Å². The Bertz CT molecular complexity index is 1240. The lowest BCUT2D eigenvalue weighted by Crippen LogP contribution is -2.54. The highest BCUT2D eigenvalue weighted by Gasteiger charge is 2.57. The van der Waals surface area contributed by atoms with Crippen LogP contribution in [-0.4, -0.2) is 43.2 Å². The van der Waals surface area contributed by atoms with Crippen LogP contribution < -0.4 is 9.84 Å². The first kappa shape index (κ1) is 24.2. The molecule has 2 fully saturated rings. The maximum Gasteiger partial charge on any atom is 0.304 e. The number of para-hydroxylation sites is 2. The number of hydrogen-bond acceptors (Lipinski definition) is 4. The summed E-state index contributed by atoms with van der Waals surface area (Å²) in [4.78, 5) is 13.8. The molecule has 2 saturated carbocycles. The summed E-state index contributed by atoms with van der Waals surface area (Å²) in [6.45, 7) is 1.08. The molecule has 192 valence electrons. The molecule has 1 aliphatic heterocycles. The van der Waals surface area contributed by atoms with Crippen molar-refractivity contribution in [3.8, 4) is 11.5 Å². The van der Waals surface area contributed by atoms with Crippen LogP contribution in [0.15, 0.2) is 78.9 Å². The van der Waals surface area contributed by atoms with Gasteiger partial charge in [-0.2, -0.15) is 0 Å². The van der Waals surface area contributed by atoms with Gasteiger partial charge in [0.05, 0.1) is 26.7 Å². The van der Waals surface area contributed by atoms with Crippen LogP contribution in [0.1, 0.15) is 42.4 Å². The summed E-state index contributed by atoms with van der Waals surface area (Å²) in [5, 5.41) is 14.5. The molecule has 3 aromatic rings. The average molecular weight is 498 g/mol. The third kappa shape index (κ3) is 4.14. The van der Waals surface area contributed by atoms with Gasteiger partial charge in [0.25, 0.3) is 0 Å². The van der Waals surface area contributed by atoms with Crippen molar-refractivity contribution >= 4 is 5.97 Å². The topological polar surface area (TPSA) is 58.6 Å². The molecule has 5 nitrogen and oxygen atoms in total. The average Bonchev–Trinajstić information content (AvgIpc) is 3.49. The van der Waals surface area contributed by atoms with Crippen molar-refractivity contribution < 1.29 is 23.9 Å². The zero-order valence-electron chi connectivity index (χ0n) is 21.6. The number of fused-ring (bicyclic) bond motifs is 4. The summed E-state index contributed by atoms with van der Waals surface area (Å²) in [7, 11) is 4.65. The predicted molar refractivity (Wildman–Crippen MR) is 140 cm³/mol. The molecule has 0 saturated heterocycles. The first-order chi connectivity index (χ1) is 17.9. The van der Waals surface area contributed by atoms with Crippen LogP contribution in [0.2, 0.25) is 0 Å². The van der Waals surface area contributed by atoms with E-state index < -0.39 is 11.6 Å². The molecule has 0 amide bonds. The fourth-order valence-corrected chi connectivity index (χ4v) is 7.34. The van der Waals surface area contributed by atoms with Gasteiger partial charge in [0, 0.05) is 35.0 Å². The van der Waals surface area contributed by atoms with Crippen molar-refractivity contribution in [3.63, 3.8) is 0 Å². The number of rotatable bonds is 7. The number of carbonyl (C=O) groups is 1. The van der Waals surface area contributed by atoms with Crippen molar-refractivity contribution in [1.29, 1.82) is 0 Å². The van der Waals surface area contributed by atoms with Crippen LogP contribution >= 0.6 is 0 Å². The van der Waals surface area contributed by atoms with E-state index in [-0.39, 0.29) is 12.0 Å². The van der Waals surface area contributed by atoms with Gasteiger partial charge < -0.3 is 19.1 Å². The molecular weight excluding hydrogens is 462 g/mol. The number of nitrogens with zero attached hydrogens (tertiary/aromatic N) is 1. The number of aryl methyl sites for hydroxylation is 1. The standard InChI is InChI=1S/C32H35NO4/c1-33(2,20-10-13-22-11-4-3-5-12-22)30-23-18-19-24(30)29(21-23)37-31(34)32(35)25-14-6-8-16-27(25)36-28-17-9-7-15-26(28)32/h3-9,11-12,14-17,23-24,29-30H,10,13,18-21H2,1-2H3/t23?,24-,29-,30?/m1/s1. The van der Waals surface area contributed by atoms with E-state index in [9.17, 15) is 9.90 Å². The zero-order valence-corrected chi connectivity index (χ0v) is 21.6. The number of hydrogen-bond donors (Lipinski definition) is 0. The molecule has 1 heterocycles. The molecule has 5 heteroatoms. The summed E-state index contributed by atoms with van der Waals surface area (Å²) >= 11 is 0. The van der Waals surface area contributed by atoms with Gasteiger partial charge >= 0.3 is 5.97 Å². The quantitative estimate of drug-likeness (QED) is 0.347. The Morgan fingerprint density at radius 3 is 2.24 bits per heavy atom. The summed E-state index contributed by atoms with van der Waals surface area (Å²) in [5.41, 5.74) is -0.102. The molecule has 2 unspecified atom stereocenters. The first-order valence-electron chi connectivity index (χ1n) is 13.5. The van der Waals surface area contributed by atoms with E-state index in [2.05, 4.69) is 44.4 Å². The SMILES string of the molecule is C[N+](C)(CCCc1ccccc1)C1C2CC[C@@H]1[C@H](OC(=O)C1([O-])c3ccccc3Oc3ccccc31)C2. The van der Waals surface area contributed by atoms with E-state index >= 15 is 0 Å². The lowest BCUT2D eigenvalue weighted by molar-refractivity contribution is -0.919. The Morgan fingerprint density at radius 1 is 0.946 bits per heavy atom. The fraction of sp³-hybridized carbons (Fsp3) is 0.406. The van der Waals surface area contributed by atoms with E-state index in [4.69, 9.17) is 9.47 Å². The van der Waals surface area contributed by atoms with Gasteiger partial charge in [-0.3, -0.25) is 4.79 Å². The molecule has 6 rings (SSSR count). The predicted octanol–water partition coefficient (Wildman–Crippen LogP) is 4.82. The van der Waals surface area contributed by atoms with Gasteiger partial charge in [-0.05, 0) is 43.4 Å². The third-order valence-electron chi connectivity index (χ3n) is 8.95. The maximum atomic E-state index is 14.5. The number of quaternary nitrogens is 1. The third-order valence-corrected chi connectivity index (χ3v) is 8.95. The minimum Gasteiger partial charge on any atom is -0.834 e. The van der Waals surface area contributed by atoms with Crippen molar-refractivity contribution in [2.45, 2.75) is 49.9 Å². The zero-order chi connectivity index (χ0) is 25.6. The lowest BCUT2D eigenvalue weighted by atomic mass is 9.83. The van der Waals surface area contributed by atoms with Crippen LogP contribution in [0.4, 0.5) is 0 Å². The Balaban J connectivity index is 1.19. The van der Waals surface area contributed by atoms with E-state index in [1.54, 1.807) is 36.4 Å². The number of benzene rings is 3. The van der Waals surface area contributed by atoms with Crippen molar-refractivity contribution in [1.82, 2.24) is 0 Å². The van der Waals surface area contributed by atoms with Gasteiger partial charge in [-0.15, -0.1) is 0 Å². The normalized spacial score (nSPS) is 25.2. The molecule has 0 radical (unpaired) electrons. The van der Waals surface area contributed by atoms with E-state index in [0.717, 1.165) is 36.7 Å². The molecule has 0 spiro atoms. The summed E-state index contributed by atoms with van der Waals surface area (Å²) in [6, 6.07) is 25.2. The maximum absolute atomic E-state index is 14.5. The van der Waals surface area contributed by atoms with E-state index in [1.807, 2.05) is 12.1 Å². The smallest absolute Gasteiger partial charge is 0.304 e. The number of esters is 1. The largest absolute Gasteiger partial charge is 0.834 e. The van der Waals surface area contributed by atoms with Crippen molar-refractivity contribution in [3.05, 3.63) is 95.6 Å². The Kier molecular flexibility index (Phi) is 6.09. The van der Waals surface area contributed by atoms with Crippen molar-refractivity contribution in [2.75, 3.05) is 20.6 Å². The first-order valence-corrected chi connectivity index (χ1v) is 13.5. The molecule has 0 N–H and O–H groups in total. The molecule has 4 atom stereocenters. The molecular formula is C32H35NO4. The second kappa shape index (κ2) is 9.30. The molecule has 2 aliphatic carbocycles. The minimum absolute atomic E-state index is 0.212. The number of carbonyl (C=O) groups excluding carboxylic acids is 1. The number of ether oxygens (including phenoxy) is 2. The van der Waals surface area contributed by atoms with Crippen LogP contribution in [0.5, 0.6) is 11.5 Å². The molecule has 3 aliphatic rings. The lowest BCUT2D eigenvalue weighted by Gasteiger charge is -2.44. The second-order valence-electron chi connectivity index (χ2n) is 11.5. The second-order valence-corrected chi connectivity index (χ2v) is 11.5.